The van der Waals surface area contributed by atoms with Crippen molar-refractivity contribution < 1.29 is 17.6 Å². The normalized spacial score (nSPS) is 15.8. The van der Waals surface area contributed by atoms with E-state index in [1.807, 2.05) is 0 Å². The Balaban J connectivity index is 1.79. The number of hydrogen-bond donors (Lipinski definition) is 2. The average Bonchev–Trinajstić information content (AvgIpc) is 2.92. The molecule has 3 rings (SSSR count). The molecule has 8 heteroatoms. The minimum atomic E-state index is -4.05. The lowest BCUT2D eigenvalue weighted by molar-refractivity contribution is 0.102. The molecule has 5 nitrogen and oxygen atoms in total. The lowest BCUT2D eigenvalue weighted by Crippen LogP contribution is -2.35. The molecule has 0 bridgehead atoms. The molecule has 0 spiro atoms. The fourth-order valence-electron chi connectivity index (χ4n) is 3.27. The van der Waals surface area contributed by atoms with Crippen molar-refractivity contribution in [3.8, 4) is 0 Å². The van der Waals surface area contributed by atoms with Gasteiger partial charge in [-0.05, 0) is 55.3 Å². The third kappa shape index (κ3) is 5.40. The van der Waals surface area contributed by atoms with E-state index in [4.69, 9.17) is 0 Å². The van der Waals surface area contributed by atoms with Crippen LogP contribution in [0, 0.1) is 5.82 Å². The molecule has 0 saturated heterocycles. The Labute approximate surface area is 172 Å². The highest BCUT2D eigenvalue weighted by Gasteiger charge is 2.25. The lowest BCUT2D eigenvalue weighted by atomic mass is 10.1. The van der Waals surface area contributed by atoms with Crippen molar-refractivity contribution in [2.24, 2.45) is 0 Å². The van der Waals surface area contributed by atoms with Crippen LogP contribution in [0.25, 0.3) is 0 Å². The number of nitrogens with one attached hydrogen (secondary N) is 2. The van der Waals surface area contributed by atoms with Crippen LogP contribution in [0.1, 0.15) is 48.9 Å². The van der Waals surface area contributed by atoms with Crippen molar-refractivity contribution >= 4 is 37.5 Å². The van der Waals surface area contributed by atoms with Crippen molar-refractivity contribution in [1.82, 2.24) is 4.72 Å². The summed E-state index contributed by atoms with van der Waals surface area (Å²) >= 11 is 3.31. The van der Waals surface area contributed by atoms with Crippen LogP contribution in [-0.2, 0) is 10.0 Å². The van der Waals surface area contributed by atoms with E-state index >= 15 is 0 Å². The van der Waals surface area contributed by atoms with Gasteiger partial charge in [-0.15, -0.1) is 0 Å². The third-order valence-corrected chi connectivity index (χ3v) is 6.83. The van der Waals surface area contributed by atoms with Gasteiger partial charge in [0.25, 0.3) is 5.91 Å². The first-order valence-corrected chi connectivity index (χ1v) is 11.5. The summed E-state index contributed by atoms with van der Waals surface area (Å²) < 4.78 is 43.2. The second-order valence-corrected chi connectivity index (χ2v) is 9.51. The third-order valence-electron chi connectivity index (χ3n) is 4.76. The van der Waals surface area contributed by atoms with E-state index < -0.39 is 26.6 Å². The first-order chi connectivity index (χ1) is 13.3. The number of sulfonamides is 1. The lowest BCUT2D eigenvalue weighted by Gasteiger charge is -2.17. The number of rotatable bonds is 5. The molecule has 0 aliphatic heterocycles. The molecule has 1 saturated carbocycles. The summed E-state index contributed by atoms with van der Waals surface area (Å²) in [6, 6.07) is 10.1. The van der Waals surface area contributed by atoms with Crippen molar-refractivity contribution in [3.63, 3.8) is 0 Å². The molecule has 1 amide bonds. The van der Waals surface area contributed by atoms with Crippen molar-refractivity contribution in [3.05, 3.63) is 58.3 Å². The summed E-state index contributed by atoms with van der Waals surface area (Å²) in [5.41, 5.74) is 0.629. The zero-order chi connectivity index (χ0) is 20.1. The number of carbonyl (C=O) groups is 1. The Morgan fingerprint density at radius 3 is 2.29 bits per heavy atom. The average molecular weight is 469 g/mol. The van der Waals surface area contributed by atoms with Crippen molar-refractivity contribution in [2.45, 2.75) is 49.5 Å². The van der Waals surface area contributed by atoms with Gasteiger partial charge in [0.2, 0.25) is 10.0 Å². The number of halogens is 2. The number of anilines is 1. The van der Waals surface area contributed by atoms with E-state index in [-0.39, 0.29) is 11.6 Å². The summed E-state index contributed by atoms with van der Waals surface area (Å²) in [4.78, 5) is 12.0. The second-order valence-electron chi connectivity index (χ2n) is 6.92. The Hall–Kier alpha value is -1.77. The van der Waals surface area contributed by atoms with Crippen LogP contribution in [0.15, 0.2) is 51.8 Å². The molecule has 0 radical (unpaired) electrons. The molecule has 0 heterocycles. The summed E-state index contributed by atoms with van der Waals surface area (Å²) in [7, 11) is -4.05. The van der Waals surface area contributed by atoms with Crippen LogP contribution in [-0.4, -0.2) is 20.4 Å². The standard InChI is InChI=1S/C20H22BrFN2O3S/c21-15-8-10-16(11-9-15)23-20(25)14-7-12-18(22)19(13-14)28(26,27)24-17-5-3-1-2-4-6-17/h7-13,17,24H,1-6H2,(H,23,25). The highest BCUT2D eigenvalue weighted by Crippen LogP contribution is 2.22. The predicted molar refractivity (Wildman–Crippen MR) is 110 cm³/mol. The smallest absolute Gasteiger partial charge is 0.255 e. The summed E-state index contributed by atoms with van der Waals surface area (Å²) in [5, 5.41) is 2.68. The van der Waals surface area contributed by atoms with E-state index in [0.717, 1.165) is 55.1 Å². The fourth-order valence-corrected chi connectivity index (χ4v) is 4.94. The molecule has 0 atom stereocenters. The molecule has 1 fully saturated rings. The molecular weight excluding hydrogens is 447 g/mol. The summed E-state index contributed by atoms with van der Waals surface area (Å²) in [6.45, 7) is 0. The highest BCUT2D eigenvalue weighted by atomic mass is 79.9. The topological polar surface area (TPSA) is 75.3 Å². The number of carbonyl (C=O) groups excluding carboxylic acids is 1. The molecule has 150 valence electrons. The SMILES string of the molecule is O=C(Nc1ccc(Br)cc1)c1ccc(F)c(S(=O)(=O)NC2CCCCCC2)c1. The van der Waals surface area contributed by atoms with Crippen LogP contribution in [0.4, 0.5) is 10.1 Å². The van der Waals surface area contributed by atoms with Crippen molar-refractivity contribution in [2.75, 3.05) is 5.32 Å². The van der Waals surface area contributed by atoms with Crippen molar-refractivity contribution in [1.29, 1.82) is 0 Å². The summed E-state index contributed by atoms with van der Waals surface area (Å²) in [6.07, 6.45) is 5.54. The van der Waals surface area contributed by atoms with Gasteiger partial charge in [0.1, 0.15) is 10.7 Å². The van der Waals surface area contributed by atoms with Crippen LogP contribution >= 0.6 is 15.9 Å². The largest absolute Gasteiger partial charge is 0.322 e. The van der Waals surface area contributed by atoms with Gasteiger partial charge in [-0.1, -0.05) is 41.6 Å². The van der Waals surface area contributed by atoms with Gasteiger partial charge in [0.05, 0.1) is 0 Å². The number of amides is 1. The zero-order valence-corrected chi connectivity index (χ0v) is 17.7. The van der Waals surface area contributed by atoms with E-state index in [9.17, 15) is 17.6 Å². The van der Waals surface area contributed by atoms with Gasteiger partial charge in [-0.2, -0.15) is 0 Å². The fraction of sp³-hybridized carbons (Fsp3) is 0.350. The molecule has 28 heavy (non-hydrogen) atoms. The maximum Gasteiger partial charge on any atom is 0.255 e. The molecule has 1 aliphatic rings. The molecule has 2 aromatic carbocycles. The number of benzene rings is 2. The van der Waals surface area contributed by atoms with Gasteiger partial charge in [0.15, 0.2) is 0 Å². The van der Waals surface area contributed by atoms with Crippen LogP contribution < -0.4 is 10.0 Å². The Kier molecular flexibility index (Phi) is 6.85. The van der Waals surface area contributed by atoms with E-state index in [1.54, 1.807) is 24.3 Å². The first-order valence-electron chi connectivity index (χ1n) is 9.24. The van der Waals surface area contributed by atoms with Crippen LogP contribution in [0.2, 0.25) is 0 Å². The Morgan fingerprint density at radius 2 is 1.64 bits per heavy atom. The van der Waals surface area contributed by atoms with E-state index in [1.165, 1.54) is 6.07 Å². The maximum atomic E-state index is 14.3. The maximum absolute atomic E-state index is 14.3. The van der Waals surface area contributed by atoms with Gasteiger partial charge in [0, 0.05) is 21.8 Å². The second kappa shape index (κ2) is 9.15. The van der Waals surface area contributed by atoms with Gasteiger partial charge in [-0.3, -0.25) is 4.79 Å². The quantitative estimate of drug-likeness (QED) is 0.616. The van der Waals surface area contributed by atoms with Crippen LogP contribution in [0.5, 0.6) is 0 Å². The van der Waals surface area contributed by atoms with Gasteiger partial charge >= 0.3 is 0 Å². The van der Waals surface area contributed by atoms with Gasteiger partial charge in [-0.25, -0.2) is 17.5 Å². The molecule has 1 aliphatic carbocycles. The molecule has 0 unspecified atom stereocenters. The molecular formula is C20H22BrFN2O3S. The van der Waals surface area contributed by atoms with E-state index in [0.29, 0.717) is 5.69 Å². The predicted octanol–water partition coefficient (Wildman–Crippen LogP) is 4.84. The molecule has 2 aromatic rings. The minimum absolute atomic E-state index is 0.0746. The van der Waals surface area contributed by atoms with Crippen LogP contribution in [0.3, 0.4) is 0 Å². The molecule has 0 aromatic heterocycles. The Morgan fingerprint density at radius 1 is 1.00 bits per heavy atom. The monoisotopic (exact) mass is 468 g/mol. The van der Waals surface area contributed by atoms with Gasteiger partial charge < -0.3 is 5.32 Å². The highest BCUT2D eigenvalue weighted by molar-refractivity contribution is 9.10. The minimum Gasteiger partial charge on any atom is -0.322 e. The van der Waals surface area contributed by atoms with E-state index in [2.05, 4.69) is 26.0 Å². The number of hydrogen-bond acceptors (Lipinski definition) is 3. The first kappa shape index (κ1) is 21.0. The Bertz CT molecular complexity index is 940. The molecule has 2 N–H and O–H groups in total. The summed E-state index contributed by atoms with van der Waals surface area (Å²) in [5.74, 6) is -1.38. The zero-order valence-electron chi connectivity index (χ0n) is 15.3.